The molecule has 1 fully saturated rings. The molecule has 0 bridgehead atoms. The van der Waals surface area contributed by atoms with E-state index in [-0.39, 0.29) is 18.5 Å². The maximum atomic E-state index is 12.1. The van der Waals surface area contributed by atoms with Crippen LogP contribution in [0.4, 0.5) is 10.5 Å². The van der Waals surface area contributed by atoms with Gasteiger partial charge in [-0.1, -0.05) is 30.1 Å². The van der Waals surface area contributed by atoms with Crippen molar-refractivity contribution in [3.05, 3.63) is 28.2 Å². The average molecular weight is 317 g/mol. The van der Waals surface area contributed by atoms with Gasteiger partial charge in [-0.3, -0.25) is 4.79 Å². The number of carbonyl (C=O) groups is 2. The van der Waals surface area contributed by atoms with Crippen molar-refractivity contribution in [3.8, 4) is 0 Å². The molecule has 5 nitrogen and oxygen atoms in total. The number of carboxylic acid groups (broad SMARTS) is 1. The SMILES string of the molecule is CC1CN(C(=O)Nc2cc(Cl)cc(Cl)c2)CC1C(=O)O. The number of carboxylic acids is 1. The van der Waals surface area contributed by atoms with E-state index in [2.05, 4.69) is 5.32 Å². The Morgan fingerprint density at radius 1 is 1.25 bits per heavy atom. The van der Waals surface area contributed by atoms with Crippen molar-refractivity contribution in [2.75, 3.05) is 18.4 Å². The molecule has 2 atom stereocenters. The van der Waals surface area contributed by atoms with Crippen LogP contribution in [0.1, 0.15) is 6.92 Å². The number of benzene rings is 1. The first-order chi connectivity index (χ1) is 9.36. The molecule has 1 aromatic carbocycles. The molecule has 2 N–H and O–H groups in total. The van der Waals surface area contributed by atoms with Crippen LogP contribution < -0.4 is 5.32 Å². The highest BCUT2D eigenvalue weighted by Crippen LogP contribution is 2.26. The summed E-state index contributed by atoms with van der Waals surface area (Å²) >= 11 is 11.7. The normalized spacial score (nSPS) is 21.9. The molecule has 1 aromatic rings. The van der Waals surface area contributed by atoms with Gasteiger partial charge in [-0.05, 0) is 24.1 Å². The first kappa shape index (κ1) is 14.9. The molecule has 0 spiro atoms. The van der Waals surface area contributed by atoms with Crippen LogP contribution in [0.25, 0.3) is 0 Å². The zero-order chi connectivity index (χ0) is 14.9. The van der Waals surface area contributed by atoms with Crippen molar-refractivity contribution >= 4 is 40.9 Å². The summed E-state index contributed by atoms with van der Waals surface area (Å²) in [4.78, 5) is 24.6. The van der Waals surface area contributed by atoms with E-state index in [0.29, 0.717) is 22.3 Å². The molecule has 20 heavy (non-hydrogen) atoms. The number of anilines is 1. The molecule has 0 saturated carbocycles. The number of aliphatic carboxylic acids is 1. The maximum absolute atomic E-state index is 12.1. The van der Waals surface area contributed by atoms with E-state index < -0.39 is 11.9 Å². The van der Waals surface area contributed by atoms with Crippen LogP contribution in [0.2, 0.25) is 10.0 Å². The van der Waals surface area contributed by atoms with Gasteiger partial charge in [0.25, 0.3) is 0 Å². The van der Waals surface area contributed by atoms with Crippen LogP contribution in [-0.2, 0) is 4.79 Å². The van der Waals surface area contributed by atoms with Gasteiger partial charge in [0, 0.05) is 28.8 Å². The van der Waals surface area contributed by atoms with Crippen LogP contribution in [0.5, 0.6) is 0 Å². The van der Waals surface area contributed by atoms with Gasteiger partial charge in [0.1, 0.15) is 0 Å². The second-order valence-electron chi connectivity index (χ2n) is 4.92. The summed E-state index contributed by atoms with van der Waals surface area (Å²) < 4.78 is 0. The lowest BCUT2D eigenvalue weighted by molar-refractivity contribution is -0.142. The van der Waals surface area contributed by atoms with Gasteiger partial charge in [0.2, 0.25) is 0 Å². The number of carbonyl (C=O) groups excluding carboxylic acids is 1. The summed E-state index contributed by atoms with van der Waals surface area (Å²) in [5.74, 6) is -1.47. The van der Waals surface area contributed by atoms with E-state index >= 15 is 0 Å². The molecule has 2 rings (SSSR count). The van der Waals surface area contributed by atoms with E-state index in [1.807, 2.05) is 6.92 Å². The number of amides is 2. The monoisotopic (exact) mass is 316 g/mol. The Bertz CT molecular complexity index is 530. The number of hydrogen-bond donors (Lipinski definition) is 2. The van der Waals surface area contributed by atoms with Crippen molar-refractivity contribution in [1.29, 1.82) is 0 Å². The molecule has 1 heterocycles. The molecular weight excluding hydrogens is 303 g/mol. The number of urea groups is 1. The Kier molecular flexibility index (Phi) is 4.40. The summed E-state index contributed by atoms with van der Waals surface area (Å²) in [6, 6.07) is 4.38. The third-order valence-electron chi connectivity index (χ3n) is 3.33. The molecule has 0 radical (unpaired) electrons. The van der Waals surface area contributed by atoms with Gasteiger partial charge in [-0.25, -0.2) is 4.79 Å². The summed E-state index contributed by atoms with van der Waals surface area (Å²) in [7, 11) is 0. The second kappa shape index (κ2) is 5.89. The van der Waals surface area contributed by atoms with Gasteiger partial charge >= 0.3 is 12.0 Å². The van der Waals surface area contributed by atoms with Crippen LogP contribution in [0.3, 0.4) is 0 Å². The highest BCUT2D eigenvalue weighted by molar-refractivity contribution is 6.35. The predicted molar refractivity (Wildman–Crippen MR) is 77.3 cm³/mol. The Labute approximate surface area is 126 Å². The Morgan fingerprint density at radius 3 is 2.35 bits per heavy atom. The summed E-state index contributed by atoms with van der Waals surface area (Å²) in [5.41, 5.74) is 0.485. The minimum absolute atomic E-state index is 0.0683. The van der Waals surface area contributed by atoms with Crippen LogP contribution >= 0.6 is 23.2 Å². The average Bonchev–Trinajstić information content (AvgIpc) is 2.70. The molecule has 108 valence electrons. The fourth-order valence-electron chi connectivity index (χ4n) is 2.28. The number of likely N-dealkylation sites (tertiary alicyclic amines) is 1. The molecule has 7 heteroatoms. The van der Waals surface area contributed by atoms with Crippen molar-refractivity contribution in [2.45, 2.75) is 6.92 Å². The van der Waals surface area contributed by atoms with Crippen molar-refractivity contribution in [2.24, 2.45) is 11.8 Å². The van der Waals surface area contributed by atoms with Crippen molar-refractivity contribution in [1.82, 2.24) is 4.90 Å². The van der Waals surface area contributed by atoms with Gasteiger partial charge in [0.15, 0.2) is 0 Å². The highest BCUT2D eigenvalue weighted by Gasteiger charge is 2.36. The zero-order valence-electron chi connectivity index (χ0n) is 10.8. The maximum Gasteiger partial charge on any atom is 0.321 e. The van der Waals surface area contributed by atoms with E-state index in [1.54, 1.807) is 18.2 Å². The number of hydrogen-bond acceptors (Lipinski definition) is 2. The fraction of sp³-hybridized carbons (Fsp3) is 0.385. The van der Waals surface area contributed by atoms with Crippen molar-refractivity contribution in [3.63, 3.8) is 0 Å². The highest BCUT2D eigenvalue weighted by atomic mass is 35.5. The van der Waals surface area contributed by atoms with E-state index in [0.717, 1.165) is 0 Å². The molecule has 0 aliphatic carbocycles. The lowest BCUT2D eigenvalue weighted by Crippen LogP contribution is -2.33. The molecule has 1 aliphatic rings. The van der Waals surface area contributed by atoms with Gasteiger partial charge in [0.05, 0.1) is 5.92 Å². The molecule has 2 amide bonds. The van der Waals surface area contributed by atoms with E-state index in [1.165, 1.54) is 4.90 Å². The number of nitrogens with one attached hydrogen (secondary N) is 1. The first-order valence-electron chi connectivity index (χ1n) is 6.11. The lowest BCUT2D eigenvalue weighted by Gasteiger charge is -2.17. The smallest absolute Gasteiger partial charge is 0.321 e. The molecule has 1 aliphatic heterocycles. The Morgan fingerprint density at radius 2 is 1.85 bits per heavy atom. The third kappa shape index (κ3) is 3.35. The summed E-state index contributed by atoms with van der Waals surface area (Å²) in [6.45, 7) is 2.44. The standard InChI is InChI=1S/C13H14Cl2N2O3/c1-7-5-17(6-11(7)12(18)19)13(20)16-10-3-8(14)2-9(15)4-10/h2-4,7,11H,5-6H2,1H3,(H,16,20)(H,18,19). The van der Waals surface area contributed by atoms with Gasteiger partial charge in [-0.15, -0.1) is 0 Å². The predicted octanol–water partition coefficient (Wildman–Crippen LogP) is 3.18. The number of rotatable bonds is 2. The van der Waals surface area contributed by atoms with Crippen LogP contribution in [-0.4, -0.2) is 35.1 Å². The van der Waals surface area contributed by atoms with E-state index in [4.69, 9.17) is 28.3 Å². The number of nitrogens with zero attached hydrogens (tertiary/aromatic N) is 1. The first-order valence-corrected chi connectivity index (χ1v) is 6.87. The Balaban J connectivity index is 2.04. The topological polar surface area (TPSA) is 69.6 Å². The molecular formula is C13H14Cl2N2O3. The second-order valence-corrected chi connectivity index (χ2v) is 5.79. The van der Waals surface area contributed by atoms with Crippen LogP contribution in [0, 0.1) is 11.8 Å². The molecule has 2 unspecified atom stereocenters. The lowest BCUT2D eigenvalue weighted by atomic mass is 9.99. The van der Waals surface area contributed by atoms with Crippen LogP contribution in [0.15, 0.2) is 18.2 Å². The van der Waals surface area contributed by atoms with Gasteiger partial charge in [-0.2, -0.15) is 0 Å². The van der Waals surface area contributed by atoms with Gasteiger partial charge < -0.3 is 15.3 Å². The van der Waals surface area contributed by atoms with Crippen molar-refractivity contribution < 1.29 is 14.7 Å². The molecule has 0 aromatic heterocycles. The number of halogens is 2. The van der Waals surface area contributed by atoms with E-state index in [9.17, 15) is 9.59 Å². The zero-order valence-corrected chi connectivity index (χ0v) is 12.3. The minimum Gasteiger partial charge on any atom is -0.481 e. The third-order valence-corrected chi connectivity index (χ3v) is 3.77. The largest absolute Gasteiger partial charge is 0.481 e. The molecule has 1 saturated heterocycles. The fourth-order valence-corrected chi connectivity index (χ4v) is 2.81. The summed E-state index contributed by atoms with van der Waals surface area (Å²) in [6.07, 6.45) is 0. The minimum atomic E-state index is -0.876. The Hall–Kier alpha value is -1.46. The summed E-state index contributed by atoms with van der Waals surface area (Å²) in [5, 5.41) is 12.6. The quantitative estimate of drug-likeness (QED) is 0.880.